The van der Waals surface area contributed by atoms with Gasteiger partial charge in [-0.15, -0.1) is 0 Å². The zero-order valence-electron chi connectivity index (χ0n) is 41.0. The number of nitrogens with zero attached hydrogens (tertiary/aromatic N) is 2. The van der Waals surface area contributed by atoms with Crippen molar-refractivity contribution >= 4 is 17.3 Å². The molecule has 0 saturated carbocycles. The van der Waals surface area contributed by atoms with Crippen molar-refractivity contribution in [2.45, 2.75) is 37.5 Å². The van der Waals surface area contributed by atoms with E-state index >= 15 is 0 Å². The van der Waals surface area contributed by atoms with E-state index in [0.717, 1.165) is 11.4 Å². The summed E-state index contributed by atoms with van der Waals surface area (Å²) in [5.41, 5.74) is 19.0. The molecule has 1 fully saturated rings. The molecule has 0 aromatic heterocycles. The Hall–Kier alpha value is -8.53. The first kappa shape index (κ1) is 45.9. The first-order valence-corrected chi connectivity index (χ1v) is 25.3. The monoisotopic (exact) mass is 929 g/mol. The van der Waals surface area contributed by atoms with Crippen LogP contribution in [-0.2, 0) is 0 Å². The summed E-state index contributed by atoms with van der Waals surface area (Å²) in [5.74, 6) is 0.0268. The van der Waals surface area contributed by atoms with Gasteiger partial charge in [-0.25, -0.2) is 0 Å². The van der Waals surface area contributed by atoms with Gasteiger partial charge >= 0.3 is 0 Å². The summed E-state index contributed by atoms with van der Waals surface area (Å²) in [6, 6.07) is 97.2. The van der Waals surface area contributed by atoms with E-state index in [1.54, 1.807) is 0 Å². The molecule has 10 aromatic rings. The van der Waals surface area contributed by atoms with Crippen molar-refractivity contribution in [3.8, 4) is 0 Å². The molecule has 0 radical (unpaired) electrons. The normalized spacial score (nSPS) is 12.7. The molecule has 72 heavy (non-hydrogen) atoms. The van der Waals surface area contributed by atoms with E-state index in [2.05, 4.69) is 291 Å². The molecular formula is C69H59N3. The Balaban J connectivity index is 1.19. The van der Waals surface area contributed by atoms with Crippen LogP contribution in [0.1, 0.15) is 102 Å². The summed E-state index contributed by atoms with van der Waals surface area (Å²) < 4.78 is 0. The van der Waals surface area contributed by atoms with Crippen molar-refractivity contribution in [2.24, 2.45) is 0 Å². The fourth-order valence-electron chi connectivity index (χ4n) is 11.5. The van der Waals surface area contributed by atoms with Crippen molar-refractivity contribution in [2.75, 3.05) is 22.9 Å². The van der Waals surface area contributed by atoms with Gasteiger partial charge in [0.15, 0.2) is 0 Å². The lowest BCUT2D eigenvalue weighted by molar-refractivity contribution is 0.902. The second kappa shape index (κ2) is 20.8. The maximum Gasteiger partial charge on any atom is 0.203 e. The van der Waals surface area contributed by atoms with E-state index in [0.29, 0.717) is 19.0 Å². The molecule has 0 amide bonds. The summed E-state index contributed by atoms with van der Waals surface area (Å²) in [7, 11) is 0. The molecule has 1 aliphatic rings. The van der Waals surface area contributed by atoms with Gasteiger partial charge in [-0.2, -0.15) is 0 Å². The lowest BCUT2D eigenvalue weighted by Gasteiger charge is -2.35. The highest BCUT2D eigenvalue weighted by Gasteiger charge is 2.39. The van der Waals surface area contributed by atoms with Crippen LogP contribution in [0.25, 0.3) is 0 Å². The second-order valence-corrected chi connectivity index (χ2v) is 19.2. The molecule has 0 bridgehead atoms. The fraction of sp³-hybridized carbons (Fsp3) is 0.116. The molecule has 10 aromatic carbocycles. The summed E-state index contributed by atoms with van der Waals surface area (Å²) in [5, 5.41) is 11.0. The summed E-state index contributed by atoms with van der Waals surface area (Å²) in [4.78, 5) is 4.71. The maximum atomic E-state index is 11.0. The second-order valence-electron chi connectivity index (χ2n) is 19.2. The van der Waals surface area contributed by atoms with Crippen LogP contribution < -0.4 is 9.80 Å². The molecular weight excluding hydrogens is 871 g/mol. The van der Waals surface area contributed by atoms with E-state index < -0.39 is 0 Å². The van der Waals surface area contributed by atoms with Gasteiger partial charge < -0.3 is 9.80 Å². The number of rotatable bonds is 14. The van der Waals surface area contributed by atoms with Gasteiger partial charge in [0.25, 0.3) is 0 Å². The molecule has 0 unspecified atom stereocenters. The van der Waals surface area contributed by atoms with E-state index in [4.69, 9.17) is 0 Å². The highest BCUT2D eigenvalue weighted by atomic mass is 15.4. The molecule has 0 aliphatic carbocycles. The van der Waals surface area contributed by atoms with E-state index in [-0.39, 0.29) is 23.7 Å². The van der Waals surface area contributed by atoms with Crippen molar-refractivity contribution in [1.82, 2.24) is 0 Å². The number of guanidine groups is 1. The van der Waals surface area contributed by atoms with Crippen molar-refractivity contribution in [3.05, 3.63) is 345 Å². The molecule has 0 atom stereocenters. The van der Waals surface area contributed by atoms with Crippen LogP contribution in [0.2, 0.25) is 0 Å². The van der Waals surface area contributed by atoms with Crippen LogP contribution in [0.15, 0.2) is 267 Å². The van der Waals surface area contributed by atoms with E-state index in [1.165, 1.54) is 77.9 Å². The van der Waals surface area contributed by atoms with Crippen LogP contribution in [0.4, 0.5) is 11.4 Å². The number of nitrogens with one attached hydrogen (secondary N) is 1. The third kappa shape index (κ3) is 9.18. The Bertz CT molecular complexity index is 2790. The van der Waals surface area contributed by atoms with Gasteiger partial charge in [0.1, 0.15) is 0 Å². The standard InChI is InChI=1S/C69H59N3/c1-49-45-59(63(51-27-11-3-12-28-51)52-29-13-4-14-30-52)67(60(46-49)64(53-31-15-5-16-32-53)54-33-17-6-18-34-54)71-43-44-72(69(71)70)68-61(65(55-35-19-7-20-36-55)56-37-21-8-22-38-56)47-50(2)48-62(68)66(57-39-23-9-24-40-57)58-41-25-10-26-42-58/h3-42,45-48,63-66,70H,43-44H2,1-2H3. The third-order valence-corrected chi connectivity index (χ3v) is 14.5. The SMILES string of the molecule is Cc1cc(C(c2ccccc2)c2ccccc2)c(N2CCN(c3c(C(c4ccccc4)c4ccccc4)cc(C)cc3C(c3ccccc3)c3ccccc3)C2=N)c(C(c2ccccc2)c2ccccc2)c1. The van der Waals surface area contributed by atoms with Crippen LogP contribution in [-0.4, -0.2) is 19.0 Å². The average Bonchev–Trinajstić information content (AvgIpc) is 3.80. The molecule has 3 heteroatoms. The van der Waals surface area contributed by atoms with Crippen molar-refractivity contribution < 1.29 is 0 Å². The quantitative estimate of drug-likeness (QED) is 0.110. The molecule has 1 saturated heterocycles. The number of hydrogen-bond donors (Lipinski definition) is 1. The zero-order valence-corrected chi connectivity index (χ0v) is 41.0. The number of hydrogen-bond acceptors (Lipinski definition) is 1. The molecule has 0 spiro atoms. The molecule has 350 valence electrons. The first-order valence-electron chi connectivity index (χ1n) is 25.3. The lowest BCUT2D eigenvalue weighted by Crippen LogP contribution is -2.36. The lowest BCUT2D eigenvalue weighted by atomic mass is 9.77. The van der Waals surface area contributed by atoms with Crippen molar-refractivity contribution in [1.29, 1.82) is 5.41 Å². The summed E-state index contributed by atoms with van der Waals surface area (Å²) in [6.45, 7) is 5.71. The van der Waals surface area contributed by atoms with Gasteiger partial charge in [0, 0.05) is 36.8 Å². The molecule has 1 N–H and O–H groups in total. The van der Waals surface area contributed by atoms with Crippen LogP contribution in [0.5, 0.6) is 0 Å². The minimum Gasteiger partial charge on any atom is -0.310 e. The Kier molecular flexibility index (Phi) is 13.3. The van der Waals surface area contributed by atoms with Crippen LogP contribution >= 0.6 is 0 Å². The highest BCUT2D eigenvalue weighted by Crippen LogP contribution is 2.50. The summed E-state index contributed by atoms with van der Waals surface area (Å²) >= 11 is 0. The fourth-order valence-corrected chi connectivity index (χ4v) is 11.5. The number of aryl methyl sites for hydroxylation is 2. The van der Waals surface area contributed by atoms with E-state index in [1.807, 2.05) is 0 Å². The van der Waals surface area contributed by atoms with Gasteiger partial charge in [-0.3, -0.25) is 5.41 Å². The van der Waals surface area contributed by atoms with Crippen molar-refractivity contribution in [3.63, 3.8) is 0 Å². The Morgan fingerprint density at radius 3 is 0.611 bits per heavy atom. The Labute approximate surface area is 425 Å². The first-order chi connectivity index (χ1) is 35.5. The maximum absolute atomic E-state index is 11.0. The zero-order chi connectivity index (χ0) is 48.8. The number of benzene rings is 10. The van der Waals surface area contributed by atoms with Gasteiger partial charge in [0.05, 0.1) is 11.4 Å². The predicted molar refractivity (Wildman–Crippen MR) is 300 cm³/mol. The molecule has 1 heterocycles. The predicted octanol–water partition coefficient (Wildman–Crippen LogP) is 16.3. The number of anilines is 2. The largest absolute Gasteiger partial charge is 0.310 e. The Morgan fingerprint density at radius 1 is 0.278 bits per heavy atom. The topological polar surface area (TPSA) is 30.3 Å². The molecule has 1 aliphatic heterocycles. The average molecular weight is 930 g/mol. The van der Waals surface area contributed by atoms with Gasteiger partial charge in [-0.1, -0.05) is 278 Å². The summed E-state index contributed by atoms with van der Waals surface area (Å²) in [6.07, 6.45) is 0. The highest BCUT2D eigenvalue weighted by molar-refractivity contribution is 6.10. The van der Waals surface area contributed by atoms with Gasteiger partial charge in [0.2, 0.25) is 5.96 Å². The van der Waals surface area contributed by atoms with Crippen LogP contribution in [0.3, 0.4) is 0 Å². The molecule has 11 rings (SSSR count). The van der Waals surface area contributed by atoms with E-state index in [9.17, 15) is 5.41 Å². The molecule has 3 nitrogen and oxygen atoms in total. The third-order valence-electron chi connectivity index (χ3n) is 14.5. The van der Waals surface area contributed by atoms with Gasteiger partial charge in [-0.05, 0) is 80.6 Å². The minimum absolute atomic E-state index is 0.110. The Morgan fingerprint density at radius 2 is 0.444 bits per heavy atom. The smallest absolute Gasteiger partial charge is 0.203 e. The van der Waals surface area contributed by atoms with Crippen LogP contribution in [0, 0.1) is 19.3 Å². The minimum atomic E-state index is -0.110.